The SMILES string of the molecule is CCCC1CCC1.CO.Cc1ccc2ncc(-c3cc4ccccc4o3)n2n1. The van der Waals surface area contributed by atoms with Gasteiger partial charge < -0.3 is 9.52 Å². The molecule has 1 N–H and O–H groups in total. The van der Waals surface area contributed by atoms with Crippen LogP contribution in [0.1, 0.15) is 44.7 Å². The molecule has 4 aromatic rings. The first-order chi connectivity index (χ1) is 13.7. The maximum Gasteiger partial charge on any atom is 0.155 e. The van der Waals surface area contributed by atoms with Gasteiger partial charge in [-0.15, -0.1) is 0 Å². The first kappa shape index (κ1) is 20.1. The molecule has 1 fully saturated rings. The fourth-order valence-corrected chi connectivity index (χ4v) is 3.43. The van der Waals surface area contributed by atoms with Crippen molar-refractivity contribution in [2.24, 2.45) is 5.92 Å². The lowest BCUT2D eigenvalue weighted by Crippen LogP contribution is -2.09. The van der Waals surface area contributed by atoms with E-state index in [4.69, 9.17) is 9.52 Å². The fraction of sp³-hybridized carbons (Fsp3) is 0.391. The second-order valence-corrected chi connectivity index (χ2v) is 7.12. The fourth-order valence-electron chi connectivity index (χ4n) is 3.43. The minimum Gasteiger partial charge on any atom is -0.454 e. The molecule has 1 aliphatic carbocycles. The molecule has 1 aliphatic rings. The quantitative estimate of drug-likeness (QED) is 0.500. The standard InChI is InChI=1S/C15H11N3O.C7H14.CH4O/c1-10-6-7-15-16-9-12(18(15)17-10)14-8-11-4-2-3-5-13(11)19-14;1-2-4-7-5-3-6-7;1-2/h2-9H,1H3;7H,2-6H2,1H3;2H,1H3. The minimum absolute atomic E-state index is 0.784. The zero-order valence-electron chi connectivity index (χ0n) is 16.9. The van der Waals surface area contributed by atoms with Gasteiger partial charge in [0.25, 0.3) is 0 Å². The van der Waals surface area contributed by atoms with Crippen molar-refractivity contribution in [1.29, 1.82) is 0 Å². The van der Waals surface area contributed by atoms with Gasteiger partial charge in [0, 0.05) is 12.5 Å². The number of benzene rings is 1. The van der Waals surface area contributed by atoms with Gasteiger partial charge in [-0.05, 0) is 37.1 Å². The van der Waals surface area contributed by atoms with Gasteiger partial charge in [-0.2, -0.15) is 5.10 Å². The molecule has 5 heteroatoms. The summed E-state index contributed by atoms with van der Waals surface area (Å²) in [6, 6.07) is 13.9. The highest BCUT2D eigenvalue weighted by atomic mass is 16.3. The summed E-state index contributed by atoms with van der Waals surface area (Å²) in [4.78, 5) is 4.35. The Labute approximate surface area is 166 Å². The Morgan fingerprint density at radius 3 is 2.57 bits per heavy atom. The number of aliphatic hydroxyl groups is 1. The maximum atomic E-state index is 7.00. The Morgan fingerprint density at radius 1 is 1.14 bits per heavy atom. The van der Waals surface area contributed by atoms with Crippen molar-refractivity contribution >= 4 is 16.6 Å². The Kier molecular flexibility index (Phi) is 6.82. The lowest BCUT2D eigenvalue weighted by atomic mass is 9.82. The van der Waals surface area contributed by atoms with Crippen LogP contribution in [-0.4, -0.2) is 26.8 Å². The van der Waals surface area contributed by atoms with Crippen molar-refractivity contribution in [1.82, 2.24) is 14.6 Å². The van der Waals surface area contributed by atoms with Crippen LogP contribution in [0.4, 0.5) is 0 Å². The van der Waals surface area contributed by atoms with Crippen molar-refractivity contribution in [3.8, 4) is 11.5 Å². The summed E-state index contributed by atoms with van der Waals surface area (Å²) in [5.74, 6) is 1.91. The van der Waals surface area contributed by atoms with Crippen LogP contribution < -0.4 is 0 Å². The van der Waals surface area contributed by atoms with Crippen molar-refractivity contribution in [3.63, 3.8) is 0 Å². The van der Waals surface area contributed by atoms with E-state index in [1.165, 1.54) is 32.1 Å². The molecular formula is C23H29N3O2. The van der Waals surface area contributed by atoms with Gasteiger partial charge in [0.05, 0.1) is 11.9 Å². The lowest BCUT2D eigenvalue weighted by molar-refractivity contribution is 0.294. The van der Waals surface area contributed by atoms with Crippen molar-refractivity contribution < 1.29 is 9.52 Å². The monoisotopic (exact) mass is 379 g/mol. The van der Waals surface area contributed by atoms with Gasteiger partial charge in [0.2, 0.25) is 0 Å². The third kappa shape index (κ3) is 4.42. The van der Waals surface area contributed by atoms with Crippen LogP contribution in [0.15, 0.2) is 53.1 Å². The smallest absolute Gasteiger partial charge is 0.155 e. The van der Waals surface area contributed by atoms with Gasteiger partial charge in [-0.3, -0.25) is 0 Å². The lowest BCUT2D eigenvalue weighted by Gasteiger charge is -2.24. The third-order valence-corrected chi connectivity index (χ3v) is 5.10. The molecule has 0 spiro atoms. The molecule has 0 unspecified atom stereocenters. The first-order valence-electron chi connectivity index (χ1n) is 9.99. The van der Waals surface area contributed by atoms with Crippen LogP contribution in [0.3, 0.4) is 0 Å². The number of fused-ring (bicyclic) bond motifs is 2. The zero-order valence-corrected chi connectivity index (χ0v) is 16.9. The summed E-state index contributed by atoms with van der Waals surface area (Å²) in [7, 11) is 1.00. The topological polar surface area (TPSA) is 63.6 Å². The largest absolute Gasteiger partial charge is 0.454 e. The Hall–Kier alpha value is -2.66. The van der Waals surface area contributed by atoms with E-state index in [-0.39, 0.29) is 0 Å². The van der Waals surface area contributed by atoms with Gasteiger partial charge in [0.15, 0.2) is 11.4 Å². The number of para-hydroxylation sites is 1. The number of imidazole rings is 1. The van der Waals surface area contributed by atoms with E-state index in [1.54, 1.807) is 6.20 Å². The number of furan rings is 1. The van der Waals surface area contributed by atoms with Crippen molar-refractivity contribution in [2.45, 2.75) is 46.0 Å². The molecule has 3 heterocycles. The normalized spacial score (nSPS) is 13.4. The van der Waals surface area contributed by atoms with Crippen molar-refractivity contribution in [2.75, 3.05) is 7.11 Å². The molecule has 5 rings (SSSR count). The number of hydrogen-bond donors (Lipinski definition) is 1. The molecule has 3 aromatic heterocycles. The maximum absolute atomic E-state index is 7.00. The van der Waals surface area contributed by atoms with Gasteiger partial charge >= 0.3 is 0 Å². The molecule has 28 heavy (non-hydrogen) atoms. The average Bonchev–Trinajstić information content (AvgIpc) is 3.30. The van der Waals surface area contributed by atoms with Crippen LogP contribution in [0.5, 0.6) is 0 Å². The molecule has 0 radical (unpaired) electrons. The number of aromatic nitrogens is 3. The summed E-state index contributed by atoms with van der Waals surface area (Å²) in [5.41, 5.74) is 3.51. The molecule has 1 aromatic carbocycles. The second-order valence-electron chi connectivity index (χ2n) is 7.12. The number of aliphatic hydroxyl groups excluding tert-OH is 1. The van der Waals surface area contributed by atoms with Crippen LogP contribution in [-0.2, 0) is 0 Å². The van der Waals surface area contributed by atoms with E-state index in [0.29, 0.717) is 0 Å². The average molecular weight is 380 g/mol. The van der Waals surface area contributed by atoms with Crippen LogP contribution in [0.2, 0.25) is 0 Å². The van der Waals surface area contributed by atoms with E-state index in [1.807, 2.05) is 53.9 Å². The highest BCUT2D eigenvalue weighted by Crippen LogP contribution is 2.30. The van der Waals surface area contributed by atoms with Crippen molar-refractivity contribution in [3.05, 3.63) is 54.4 Å². The van der Waals surface area contributed by atoms with Gasteiger partial charge in [-0.1, -0.05) is 57.2 Å². The Morgan fingerprint density at radius 2 is 1.93 bits per heavy atom. The predicted molar refractivity (Wildman–Crippen MR) is 113 cm³/mol. The molecule has 5 nitrogen and oxygen atoms in total. The molecule has 0 atom stereocenters. The Balaban J connectivity index is 0.000000211. The number of aryl methyl sites for hydroxylation is 1. The molecule has 0 aliphatic heterocycles. The zero-order chi connectivity index (χ0) is 19.9. The van der Waals surface area contributed by atoms with Crippen LogP contribution >= 0.6 is 0 Å². The Bertz CT molecular complexity index is 982. The number of nitrogens with zero attached hydrogens (tertiary/aromatic N) is 3. The number of hydrogen-bond acceptors (Lipinski definition) is 4. The van der Waals surface area contributed by atoms with E-state index in [2.05, 4.69) is 17.0 Å². The van der Waals surface area contributed by atoms with Gasteiger partial charge in [-0.25, -0.2) is 9.50 Å². The molecule has 1 saturated carbocycles. The van der Waals surface area contributed by atoms with Crippen LogP contribution in [0, 0.1) is 12.8 Å². The summed E-state index contributed by atoms with van der Waals surface area (Å²) in [5, 5.41) is 12.6. The summed E-state index contributed by atoms with van der Waals surface area (Å²) >= 11 is 0. The summed E-state index contributed by atoms with van der Waals surface area (Å²) in [6.07, 6.45) is 9.22. The highest BCUT2D eigenvalue weighted by molar-refractivity contribution is 5.82. The summed E-state index contributed by atoms with van der Waals surface area (Å²) in [6.45, 7) is 4.24. The molecule has 0 bridgehead atoms. The van der Waals surface area contributed by atoms with Gasteiger partial charge in [0.1, 0.15) is 11.3 Å². The molecule has 148 valence electrons. The second kappa shape index (κ2) is 9.51. The van der Waals surface area contributed by atoms with Crippen LogP contribution in [0.25, 0.3) is 28.1 Å². The molecule has 0 amide bonds. The van der Waals surface area contributed by atoms with E-state index in [0.717, 1.165) is 46.8 Å². The van der Waals surface area contributed by atoms with E-state index >= 15 is 0 Å². The summed E-state index contributed by atoms with van der Waals surface area (Å²) < 4.78 is 7.67. The first-order valence-corrected chi connectivity index (χ1v) is 9.99. The highest BCUT2D eigenvalue weighted by Gasteiger charge is 2.15. The predicted octanol–water partition coefficient (Wildman–Crippen LogP) is 5.65. The minimum atomic E-state index is 0.784. The molecular weight excluding hydrogens is 350 g/mol. The number of rotatable bonds is 3. The molecule has 0 saturated heterocycles. The third-order valence-electron chi connectivity index (χ3n) is 5.10. The van der Waals surface area contributed by atoms with E-state index < -0.39 is 0 Å². The van der Waals surface area contributed by atoms with E-state index in [9.17, 15) is 0 Å².